The van der Waals surface area contributed by atoms with Crippen molar-refractivity contribution in [2.24, 2.45) is 0 Å². The van der Waals surface area contributed by atoms with Crippen LogP contribution in [0.1, 0.15) is 50.6 Å². The molecule has 1 atom stereocenters. The van der Waals surface area contributed by atoms with E-state index in [9.17, 15) is 4.79 Å². The fourth-order valence-corrected chi connectivity index (χ4v) is 3.34. The standard InChI is InChI=1S/C16H21ClN2O2/c1-2-18-15-11-8-12(17)14(9-13(11)19-16(15)20)21-10-6-4-3-5-7-10/h8-10,15,18H,2-7H2,1H3,(H,19,20). The van der Waals surface area contributed by atoms with Gasteiger partial charge in [-0.2, -0.15) is 0 Å². The summed E-state index contributed by atoms with van der Waals surface area (Å²) in [5, 5.41) is 6.65. The minimum Gasteiger partial charge on any atom is -0.489 e. The first-order valence-electron chi connectivity index (χ1n) is 7.73. The van der Waals surface area contributed by atoms with E-state index in [4.69, 9.17) is 16.3 Å². The molecule has 3 rings (SSSR count). The van der Waals surface area contributed by atoms with Crippen molar-refractivity contribution in [3.8, 4) is 5.75 Å². The molecule has 2 N–H and O–H groups in total. The van der Waals surface area contributed by atoms with Crippen LogP contribution in [-0.2, 0) is 4.79 Å². The largest absolute Gasteiger partial charge is 0.489 e. The van der Waals surface area contributed by atoms with Gasteiger partial charge in [0.05, 0.1) is 11.1 Å². The highest BCUT2D eigenvalue weighted by molar-refractivity contribution is 6.32. The fraction of sp³-hybridized carbons (Fsp3) is 0.562. The summed E-state index contributed by atoms with van der Waals surface area (Å²) >= 11 is 6.35. The highest BCUT2D eigenvalue weighted by Crippen LogP contribution is 2.39. The van der Waals surface area contributed by atoms with Gasteiger partial charge in [-0.05, 0) is 38.3 Å². The number of rotatable bonds is 4. The molecular weight excluding hydrogens is 288 g/mol. The number of anilines is 1. The monoisotopic (exact) mass is 308 g/mol. The Hall–Kier alpha value is -1.26. The zero-order valence-corrected chi connectivity index (χ0v) is 13.0. The Kier molecular flexibility index (Phi) is 4.36. The van der Waals surface area contributed by atoms with Crippen molar-refractivity contribution < 1.29 is 9.53 Å². The molecule has 1 amide bonds. The zero-order valence-electron chi connectivity index (χ0n) is 12.2. The first-order chi connectivity index (χ1) is 10.2. The number of carbonyl (C=O) groups excluding carboxylic acids is 1. The maximum Gasteiger partial charge on any atom is 0.246 e. The van der Waals surface area contributed by atoms with E-state index in [0.29, 0.717) is 10.8 Å². The third-order valence-electron chi connectivity index (χ3n) is 4.19. The van der Waals surface area contributed by atoms with E-state index >= 15 is 0 Å². The van der Waals surface area contributed by atoms with Gasteiger partial charge in [0.15, 0.2) is 0 Å². The van der Waals surface area contributed by atoms with Crippen LogP contribution in [0, 0.1) is 0 Å². The van der Waals surface area contributed by atoms with Gasteiger partial charge in [0.1, 0.15) is 11.8 Å². The Morgan fingerprint density at radius 1 is 1.33 bits per heavy atom. The van der Waals surface area contributed by atoms with Crippen LogP contribution in [0.3, 0.4) is 0 Å². The lowest BCUT2D eigenvalue weighted by Gasteiger charge is -2.24. The molecule has 1 unspecified atom stereocenters. The van der Waals surface area contributed by atoms with Gasteiger partial charge < -0.3 is 15.4 Å². The van der Waals surface area contributed by atoms with Crippen molar-refractivity contribution in [2.75, 3.05) is 11.9 Å². The predicted molar refractivity (Wildman–Crippen MR) is 84.0 cm³/mol. The molecule has 5 heteroatoms. The molecule has 0 spiro atoms. The highest BCUT2D eigenvalue weighted by atomic mass is 35.5. The summed E-state index contributed by atoms with van der Waals surface area (Å²) in [4.78, 5) is 12.0. The Labute approximate surface area is 130 Å². The molecule has 1 heterocycles. The van der Waals surface area contributed by atoms with E-state index in [1.807, 2.05) is 19.1 Å². The van der Waals surface area contributed by atoms with Crippen molar-refractivity contribution in [1.29, 1.82) is 0 Å². The molecule has 0 radical (unpaired) electrons. The van der Waals surface area contributed by atoms with E-state index in [-0.39, 0.29) is 18.1 Å². The van der Waals surface area contributed by atoms with Gasteiger partial charge in [-0.15, -0.1) is 0 Å². The quantitative estimate of drug-likeness (QED) is 0.892. The Morgan fingerprint density at radius 3 is 2.81 bits per heavy atom. The fourth-order valence-electron chi connectivity index (χ4n) is 3.12. The molecule has 1 fully saturated rings. The molecule has 1 aliphatic carbocycles. The zero-order chi connectivity index (χ0) is 14.8. The summed E-state index contributed by atoms with van der Waals surface area (Å²) in [5.74, 6) is 0.650. The Morgan fingerprint density at radius 2 is 2.10 bits per heavy atom. The lowest BCUT2D eigenvalue weighted by atomic mass is 9.98. The van der Waals surface area contributed by atoms with Crippen LogP contribution in [0.2, 0.25) is 5.02 Å². The van der Waals surface area contributed by atoms with Crippen LogP contribution in [0.4, 0.5) is 5.69 Å². The molecular formula is C16H21ClN2O2. The summed E-state index contributed by atoms with van der Waals surface area (Å²) in [6.07, 6.45) is 6.13. The molecule has 114 valence electrons. The highest BCUT2D eigenvalue weighted by Gasteiger charge is 2.31. The summed E-state index contributed by atoms with van der Waals surface area (Å²) in [5.41, 5.74) is 1.71. The van der Waals surface area contributed by atoms with Gasteiger partial charge >= 0.3 is 0 Å². The molecule has 0 bridgehead atoms. The van der Waals surface area contributed by atoms with Gasteiger partial charge in [0.25, 0.3) is 0 Å². The normalized spacial score (nSPS) is 22.0. The molecule has 1 aliphatic heterocycles. The molecule has 1 aromatic carbocycles. The third-order valence-corrected chi connectivity index (χ3v) is 4.48. The average Bonchev–Trinajstić information content (AvgIpc) is 2.77. The number of ether oxygens (including phenoxy) is 1. The Balaban J connectivity index is 1.81. The number of hydrogen-bond acceptors (Lipinski definition) is 3. The molecule has 1 saturated carbocycles. The van der Waals surface area contributed by atoms with Crippen molar-refractivity contribution >= 4 is 23.2 Å². The van der Waals surface area contributed by atoms with E-state index in [0.717, 1.165) is 30.6 Å². The molecule has 1 aromatic rings. The van der Waals surface area contributed by atoms with Crippen LogP contribution in [0.5, 0.6) is 5.75 Å². The number of benzene rings is 1. The summed E-state index contributed by atoms with van der Waals surface area (Å²) in [7, 11) is 0. The number of amides is 1. The summed E-state index contributed by atoms with van der Waals surface area (Å²) < 4.78 is 6.04. The minimum absolute atomic E-state index is 0.0299. The Bertz CT molecular complexity index is 541. The van der Waals surface area contributed by atoms with Crippen molar-refractivity contribution in [3.05, 3.63) is 22.7 Å². The average molecular weight is 309 g/mol. The van der Waals surface area contributed by atoms with Gasteiger partial charge in [-0.25, -0.2) is 0 Å². The molecule has 0 aromatic heterocycles. The maximum atomic E-state index is 12.0. The van der Waals surface area contributed by atoms with Crippen LogP contribution in [0.25, 0.3) is 0 Å². The van der Waals surface area contributed by atoms with E-state index < -0.39 is 0 Å². The summed E-state index contributed by atoms with van der Waals surface area (Å²) in [6, 6.07) is 3.40. The van der Waals surface area contributed by atoms with Crippen LogP contribution >= 0.6 is 11.6 Å². The van der Waals surface area contributed by atoms with E-state index in [2.05, 4.69) is 10.6 Å². The van der Waals surface area contributed by atoms with Gasteiger partial charge in [-0.1, -0.05) is 24.9 Å². The van der Waals surface area contributed by atoms with Crippen molar-refractivity contribution in [2.45, 2.75) is 51.2 Å². The molecule has 4 nitrogen and oxygen atoms in total. The second kappa shape index (κ2) is 6.24. The van der Waals surface area contributed by atoms with Crippen LogP contribution < -0.4 is 15.4 Å². The van der Waals surface area contributed by atoms with Gasteiger partial charge in [0.2, 0.25) is 5.91 Å². The lowest BCUT2D eigenvalue weighted by Crippen LogP contribution is -2.27. The predicted octanol–water partition coefficient (Wildman–Crippen LogP) is 3.65. The number of carbonyl (C=O) groups is 1. The van der Waals surface area contributed by atoms with Crippen molar-refractivity contribution in [3.63, 3.8) is 0 Å². The molecule has 2 aliphatic rings. The number of halogens is 1. The minimum atomic E-state index is -0.314. The second-order valence-electron chi connectivity index (χ2n) is 5.73. The third kappa shape index (κ3) is 3.01. The van der Waals surface area contributed by atoms with Crippen molar-refractivity contribution in [1.82, 2.24) is 5.32 Å². The second-order valence-corrected chi connectivity index (χ2v) is 6.13. The topological polar surface area (TPSA) is 50.4 Å². The van der Waals surface area contributed by atoms with Crippen LogP contribution in [0.15, 0.2) is 12.1 Å². The van der Waals surface area contributed by atoms with Gasteiger partial charge in [-0.3, -0.25) is 4.79 Å². The number of nitrogens with one attached hydrogen (secondary N) is 2. The maximum absolute atomic E-state index is 12.0. The number of fused-ring (bicyclic) bond motifs is 1. The number of hydrogen-bond donors (Lipinski definition) is 2. The first-order valence-corrected chi connectivity index (χ1v) is 8.11. The van der Waals surface area contributed by atoms with E-state index in [1.54, 1.807) is 0 Å². The lowest BCUT2D eigenvalue weighted by molar-refractivity contribution is -0.117. The molecule has 21 heavy (non-hydrogen) atoms. The van der Waals surface area contributed by atoms with Crippen LogP contribution in [-0.4, -0.2) is 18.6 Å². The smallest absolute Gasteiger partial charge is 0.246 e. The number of likely N-dealkylation sites (N-methyl/N-ethyl adjacent to an activating group) is 1. The van der Waals surface area contributed by atoms with E-state index in [1.165, 1.54) is 19.3 Å². The first kappa shape index (κ1) is 14.7. The SMILES string of the molecule is CCNC1C(=O)Nc2cc(OC3CCCCC3)c(Cl)cc21. The molecule has 0 saturated heterocycles. The summed E-state index contributed by atoms with van der Waals surface area (Å²) in [6.45, 7) is 2.71. The van der Waals surface area contributed by atoms with Gasteiger partial charge in [0, 0.05) is 17.3 Å².